The Balaban J connectivity index is 3.12. The minimum absolute atomic E-state index is 0.117. The number of aliphatic hydroxyl groups excluding tert-OH is 1. The second-order valence-corrected chi connectivity index (χ2v) is 8.57. The molecule has 0 bridgehead atoms. The average Bonchev–Trinajstić information content (AvgIpc) is 2.47. The van der Waals surface area contributed by atoms with Gasteiger partial charge < -0.3 is 20.1 Å². The van der Waals surface area contributed by atoms with E-state index < -0.39 is 28.0 Å². The summed E-state index contributed by atoms with van der Waals surface area (Å²) in [6.07, 6.45) is 0.311. The van der Waals surface area contributed by atoms with Crippen LogP contribution in [0.4, 0.5) is 0 Å². The van der Waals surface area contributed by atoms with Crippen LogP contribution in [-0.2, 0) is 4.79 Å². The number of aromatic carboxylic acids is 1. The Hall–Kier alpha value is -2.08. The van der Waals surface area contributed by atoms with E-state index in [1.54, 1.807) is 0 Å². The van der Waals surface area contributed by atoms with Crippen molar-refractivity contribution < 1.29 is 29.6 Å². The molecule has 0 aromatic heterocycles. The van der Waals surface area contributed by atoms with E-state index in [0.717, 1.165) is 0 Å². The third-order valence-electron chi connectivity index (χ3n) is 5.09. The van der Waals surface area contributed by atoms with Gasteiger partial charge in [0.05, 0.1) is 0 Å². The lowest BCUT2D eigenvalue weighted by Crippen LogP contribution is -2.54. The Bertz CT molecular complexity index is 650. The number of ketones is 1. The molecule has 26 heavy (non-hydrogen) atoms. The molecule has 1 rings (SSSR count). The van der Waals surface area contributed by atoms with Crippen LogP contribution in [0.2, 0.25) is 0 Å². The first kappa shape index (κ1) is 22.0. The van der Waals surface area contributed by atoms with E-state index in [9.17, 15) is 19.8 Å². The molecule has 0 aliphatic rings. The second-order valence-electron chi connectivity index (χ2n) is 8.57. The number of hydrogen-bond acceptors (Lipinski definition) is 5. The topological polar surface area (TPSA) is 104 Å². The fourth-order valence-electron chi connectivity index (χ4n) is 4.07. The number of rotatable bonds is 7. The summed E-state index contributed by atoms with van der Waals surface area (Å²) in [4.78, 5) is 24.1. The second kappa shape index (κ2) is 7.66. The van der Waals surface area contributed by atoms with Crippen molar-refractivity contribution in [2.75, 3.05) is 13.2 Å². The van der Waals surface area contributed by atoms with Crippen LogP contribution in [0.1, 0.15) is 58.3 Å². The smallest absolute Gasteiger partial charge is 0.339 e. The number of benzene rings is 1. The van der Waals surface area contributed by atoms with E-state index in [2.05, 4.69) is 0 Å². The number of ether oxygens (including phenoxy) is 1. The van der Waals surface area contributed by atoms with Crippen LogP contribution >= 0.6 is 0 Å². The summed E-state index contributed by atoms with van der Waals surface area (Å²) in [5, 5.41) is 28.3. The quantitative estimate of drug-likeness (QED) is 0.682. The van der Waals surface area contributed by atoms with Gasteiger partial charge in [0.2, 0.25) is 0 Å². The van der Waals surface area contributed by atoms with Gasteiger partial charge in [-0.25, -0.2) is 4.79 Å². The van der Waals surface area contributed by atoms with Crippen LogP contribution in [-0.4, -0.2) is 40.3 Å². The van der Waals surface area contributed by atoms with Crippen molar-refractivity contribution in [1.82, 2.24) is 0 Å². The van der Waals surface area contributed by atoms with E-state index >= 15 is 0 Å². The molecule has 1 aromatic rings. The number of carbonyl (C=O) groups excluding carboxylic acids is 1. The van der Waals surface area contributed by atoms with Gasteiger partial charge in [0.15, 0.2) is 5.78 Å². The maximum atomic E-state index is 13.2. The van der Waals surface area contributed by atoms with Crippen molar-refractivity contribution >= 4 is 11.8 Å². The molecule has 146 valence electrons. The van der Waals surface area contributed by atoms with Crippen LogP contribution in [0.5, 0.6) is 11.5 Å². The Kier molecular flexibility index (Phi) is 6.47. The van der Waals surface area contributed by atoms with E-state index in [1.165, 1.54) is 18.2 Å². The summed E-state index contributed by atoms with van der Waals surface area (Å²) in [5.41, 5.74) is -1.88. The molecule has 0 saturated heterocycles. The molecule has 6 heteroatoms. The summed E-state index contributed by atoms with van der Waals surface area (Å²) < 4.78 is 5.54. The van der Waals surface area contributed by atoms with E-state index in [-0.39, 0.29) is 30.3 Å². The van der Waals surface area contributed by atoms with Crippen molar-refractivity contribution in [2.24, 2.45) is 16.2 Å². The predicted molar refractivity (Wildman–Crippen MR) is 98.6 cm³/mol. The van der Waals surface area contributed by atoms with Crippen LogP contribution in [0, 0.1) is 16.2 Å². The van der Waals surface area contributed by atoms with Gasteiger partial charge in [-0.3, -0.25) is 4.79 Å². The SMILES string of the molecule is CC(C)(C)C(CCO)(C(=O)COc1ccc(C(=O)O)c(O)c1)C(C)(C)C. The fourth-order valence-corrected chi connectivity index (χ4v) is 4.07. The minimum Gasteiger partial charge on any atom is -0.507 e. The summed E-state index contributed by atoms with van der Waals surface area (Å²) in [5.74, 6) is -1.60. The highest BCUT2D eigenvalue weighted by Crippen LogP contribution is 2.54. The first-order valence-electron chi connectivity index (χ1n) is 8.61. The molecular weight excluding hydrogens is 336 g/mol. The molecular formula is C20H30O6. The normalized spacial score (nSPS) is 12.7. The molecule has 0 fully saturated rings. The van der Waals surface area contributed by atoms with Crippen LogP contribution in [0.25, 0.3) is 0 Å². The lowest BCUT2D eigenvalue weighted by atomic mass is 9.51. The molecule has 0 aliphatic carbocycles. The average molecular weight is 366 g/mol. The predicted octanol–water partition coefficient (Wildman–Crippen LogP) is 3.50. The van der Waals surface area contributed by atoms with Gasteiger partial charge in [-0.1, -0.05) is 41.5 Å². The van der Waals surface area contributed by atoms with Crippen LogP contribution in [0.15, 0.2) is 18.2 Å². The first-order valence-corrected chi connectivity index (χ1v) is 8.61. The summed E-state index contributed by atoms with van der Waals surface area (Å²) >= 11 is 0. The van der Waals surface area contributed by atoms with Gasteiger partial charge in [0, 0.05) is 18.1 Å². The molecule has 0 aliphatic heterocycles. The van der Waals surface area contributed by atoms with Gasteiger partial charge in [-0.2, -0.15) is 0 Å². The molecule has 0 heterocycles. The number of carboxylic acids is 1. The number of aromatic hydroxyl groups is 1. The van der Waals surface area contributed by atoms with Gasteiger partial charge in [0.25, 0.3) is 0 Å². The number of hydrogen-bond donors (Lipinski definition) is 3. The lowest BCUT2D eigenvalue weighted by Gasteiger charge is -2.52. The molecule has 1 aromatic carbocycles. The van der Waals surface area contributed by atoms with Crippen LogP contribution in [0.3, 0.4) is 0 Å². The highest BCUT2D eigenvalue weighted by atomic mass is 16.5. The number of Topliss-reactive ketones (excluding diaryl/α,β-unsaturated/α-hetero) is 1. The zero-order chi connectivity index (χ0) is 20.3. The Morgan fingerprint density at radius 2 is 1.58 bits per heavy atom. The van der Waals surface area contributed by atoms with Gasteiger partial charge in [-0.05, 0) is 29.4 Å². The monoisotopic (exact) mass is 366 g/mol. The Morgan fingerprint density at radius 1 is 1.04 bits per heavy atom. The molecule has 0 saturated carbocycles. The highest BCUT2D eigenvalue weighted by Gasteiger charge is 2.55. The highest BCUT2D eigenvalue weighted by molar-refractivity contribution is 5.91. The molecule has 0 atom stereocenters. The molecule has 0 spiro atoms. The molecule has 0 unspecified atom stereocenters. The third-order valence-corrected chi connectivity index (χ3v) is 5.09. The van der Waals surface area contributed by atoms with Crippen LogP contribution < -0.4 is 4.74 Å². The molecule has 0 amide bonds. The Morgan fingerprint density at radius 3 is 1.96 bits per heavy atom. The first-order chi connectivity index (χ1) is 11.8. The maximum absolute atomic E-state index is 13.2. The van der Waals surface area contributed by atoms with Crippen molar-refractivity contribution in [1.29, 1.82) is 0 Å². The maximum Gasteiger partial charge on any atom is 0.339 e. The third kappa shape index (κ3) is 4.18. The minimum atomic E-state index is -1.24. The number of phenols is 1. The standard InChI is InChI=1S/C20H30O6/c1-18(2,3)20(9-10-21,19(4,5)6)16(23)12-26-13-7-8-14(17(24)25)15(22)11-13/h7-8,11,21-22H,9-10,12H2,1-6H3,(H,24,25). The van der Waals surface area contributed by atoms with Gasteiger partial charge in [-0.15, -0.1) is 0 Å². The largest absolute Gasteiger partial charge is 0.507 e. The lowest BCUT2D eigenvalue weighted by molar-refractivity contribution is -0.151. The molecule has 6 nitrogen and oxygen atoms in total. The number of aliphatic hydroxyl groups is 1. The van der Waals surface area contributed by atoms with Crippen molar-refractivity contribution in [3.8, 4) is 11.5 Å². The summed E-state index contributed by atoms with van der Waals surface area (Å²) in [6, 6.07) is 3.81. The summed E-state index contributed by atoms with van der Waals surface area (Å²) in [6.45, 7) is 11.5. The number of carboxylic acid groups (broad SMARTS) is 1. The fraction of sp³-hybridized carbons (Fsp3) is 0.600. The van der Waals surface area contributed by atoms with Crippen molar-refractivity contribution in [2.45, 2.75) is 48.0 Å². The number of carbonyl (C=O) groups is 2. The van der Waals surface area contributed by atoms with E-state index in [1.807, 2.05) is 41.5 Å². The zero-order valence-electron chi connectivity index (χ0n) is 16.4. The van der Waals surface area contributed by atoms with Gasteiger partial charge >= 0.3 is 5.97 Å². The van der Waals surface area contributed by atoms with Gasteiger partial charge in [0.1, 0.15) is 23.7 Å². The summed E-state index contributed by atoms with van der Waals surface area (Å²) in [7, 11) is 0. The molecule has 0 radical (unpaired) electrons. The molecule has 3 N–H and O–H groups in total. The van der Waals surface area contributed by atoms with E-state index in [4.69, 9.17) is 9.84 Å². The van der Waals surface area contributed by atoms with Crippen molar-refractivity contribution in [3.05, 3.63) is 23.8 Å². The van der Waals surface area contributed by atoms with E-state index in [0.29, 0.717) is 6.42 Å². The zero-order valence-corrected chi connectivity index (χ0v) is 16.4. The van der Waals surface area contributed by atoms with Crippen molar-refractivity contribution in [3.63, 3.8) is 0 Å². The Labute approximate surface area is 154 Å².